The maximum absolute atomic E-state index is 12.1. The Morgan fingerprint density at radius 3 is 2.46 bits per heavy atom. The highest BCUT2D eigenvalue weighted by atomic mass is 16.6. The first-order valence-corrected chi connectivity index (χ1v) is 9.35. The molecular weight excluding hydrogens is 328 g/mol. The second-order valence-electron chi connectivity index (χ2n) is 7.46. The molecule has 1 fully saturated rings. The summed E-state index contributed by atoms with van der Waals surface area (Å²) in [5.41, 5.74) is 4.08. The van der Waals surface area contributed by atoms with Crippen LogP contribution in [0.15, 0.2) is 47.1 Å². The van der Waals surface area contributed by atoms with Gasteiger partial charge in [-0.1, -0.05) is 29.4 Å². The molecule has 0 amide bonds. The molecule has 4 heteroatoms. The lowest BCUT2D eigenvalue weighted by Gasteiger charge is -2.24. The smallest absolute Gasteiger partial charge is 0.334 e. The van der Waals surface area contributed by atoms with Crippen molar-refractivity contribution in [2.45, 2.75) is 72.0 Å². The molecule has 1 saturated heterocycles. The zero-order valence-electron chi connectivity index (χ0n) is 16.3. The first kappa shape index (κ1) is 20.2. The largest absolute Gasteiger partial charge is 0.457 e. The average molecular weight is 358 g/mol. The minimum Gasteiger partial charge on any atom is -0.457 e. The summed E-state index contributed by atoms with van der Waals surface area (Å²) >= 11 is 0. The zero-order chi connectivity index (χ0) is 19.3. The molecule has 142 valence electrons. The number of rotatable bonds is 1. The molecule has 1 heterocycles. The molecule has 3 atom stereocenters. The maximum Gasteiger partial charge on any atom is 0.334 e. The van der Waals surface area contributed by atoms with Crippen LogP contribution in [0.5, 0.6) is 0 Å². The Labute approximate surface area is 156 Å². The maximum atomic E-state index is 12.1. The lowest BCUT2D eigenvalue weighted by Crippen LogP contribution is -2.31. The molecule has 1 aliphatic heterocycles. The van der Waals surface area contributed by atoms with Crippen molar-refractivity contribution in [2.24, 2.45) is 5.92 Å². The third-order valence-electron chi connectivity index (χ3n) is 4.99. The molecule has 0 aromatic rings. The number of hydrogen-bond acceptors (Lipinski definition) is 4. The van der Waals surface area contributed by atoms with Crippen molar-refractivity contribution >= 4 is 11.9 Å². The van der Waals surface area contributed by atoms with E-state index in [2.05, 4.69) is 19.6 Å². The topological polar surface area (TPSA) is 52.6 Å². The molecule has 0 bridgehead atoms. The SMILES string of the molecule is C=C1C(=O)O[C@H]2/C=C(\C)CC/C=C(\C)CCC/C(C)=C/C(OC(C)=O)[C@@H]12. The van der Waals surface area contributed by atoms with Gasteiger partial charge in [-0.2, -0.15) is 0 Å². The molecule has 0 spiro atoms. The zero-order valence-corrected chi connectivity index (χ0v) is 16.3. The lowest BCUT2D eigenvalue weighted by atomic mass is 9.88. The fourth-order valence-electron chi connectivity index (χ4n) is 3.55. The molecule has 0 N–H and O–H groups in total. The van der Waals surface area contributed by atoms with Gasteiger partial charge in [0.1, 0.15) is 12.2 Å². The van der Waals surface area contributed by atoms with E-state index in [-0.39, 0.29) is 11.9 Å². The third kappa shape index (κ3) is 5.45. The molecule has 0 saturated carbocycles. The van der Waals surface area contributed by atoms with Crippen LogP contribution in [0, 0.1) is 5.92 Å². The second kappa shape index (κ2) is 9.02. The van der Waals surface area contributed by atoms with Gasteiger partial charge in [0, 0.05) is 12.5 Å². The van der Waals surface area contributed by atoms with Crippen LogP contribution in [-0.4, -0.2) is 24.1 Å². The lowest BCUT2D eigenvalue weighted by molar-refractivity contribution is -0.146. The first-order valence-electron chi connectivity index (χ1n) is 9.35. The highest BCUT2D eigenvalue weighted by Crippen LogP contribution is 2.34. The van der Waals surface area contributed by atoms with Gasteiger partial charge in [-0.15, -0.1) is 0 Å². The summed E-state index contributed by atoms with van der Waals surface area (Å²) in [6, 6.07) is 0. The second-order valence-corrected chi connectivity index (χ2v) is 7.46. The summed E-state index contributed by atoms with van der Waals surface area (Å²) in [4.78, 5) is 23.8. The number of fused-ring (bicyclic) bond motifs is 1. The monoisotopic (exact) mass is 358 g/mol. The summed E-state index contributed by atoms with van der Waals surface area (Å²) in [7, 11) is 0. The van der Waals surface area contributed by atoms with Crippen molar-refractivity contribution in [3.05, 3.63) is 47.1 Å². The van der Waals surface area contributed by atoms with E-state index in [4.69, 9.17) is 9.47 Å². The number of allylic oxidation sites excluding steroid dienone is 4. The summed E-state index contributed by atoms with van der Waals surface area (Å²) in [5.74, 6) is -1.16. The molecule has 1 unspecified atom stereocenters. The molecule has 1 aliphatic carbocycles. The number of hydrogen-bond donors (Lipinski definition) is 0. The van der Waals surface area contributed by atoms with Crippen LogP contribution in [-0.2, 0) is 19.1 Å². The molecule has 2 aliphatic rings. The Hall–Kier alpha value is -2.10. The van der Waals surface area contributed by atoms with E-state index in [1.54, 1.807) is 0 Å². The predicted octanol–water partition coefficient (Wildman–Crippen LogP) is 4.82. The van der Waals surface area contributed by atoms with Crippen LogP contribution < -0.4 is 0 Å². The van der Waals surface area contributed by atoms with E-state index in [0.717, 1.165) is 43.3 Å². The van der Waals surface area contributed by atoms with Crippen molar-refractivity contribution in [3.63, 3.8) is 0 Å². The van der Waals surface area contributed by atoms with Gasteiger partial charge < -0.3 is 9.47 Å². The normalized spacial score (nSPS) is 34.2. The van der Waals surface area contributed by atoms with Crippen molar-refractivity contribution in [2.75, 3.05) is 0 Å². The first-order chi connectivity index (χ1) is 12.3. The number of ether oxygens (including phenoxy) is 2. The van der Waals surface area contributed by atoms with Crippen LogP contribution in [0.3, 0.4) is 0 Å². The Morgan fingerprint density at radius 2 is 1.77 bits per heavy atom. The number of carbonyl (C=O) groups is 2. The third-order valence-corrected chi connectivity index (χ3v) is 4.99. The van der Waals surface area contributed by atoms with Gasteiger partial charge in [-0.05, 0) is 65.0 Å². The van der Waals surface area contributed by atoms with Crippen molar-refractivity contribution < 1.29 is 19.1 Å². The van der Waals surface area contributed by atoms with E-state index < -0.39 is 18.2 Å². The highest BCUT2D eigenvalue weighted by molar-refractivity contribution is 5.91. The fourth-order valence-corrected chi connectivity index (χ4v) is 3.55. The van der Waals surface area contributed by atoms with E-state index in [1.807, 2.05) is 26.0 Å². The van der Waals surface area contributed by atoms with Crippen molar-refractivity contribution in [3.8, 4) is 0 Å². The quantitative estimate of drug-likeness (QED) is 0.383. The van der Waals surface area contributed by atoms with E-state index in [1.165, 1.54) is 12.5 Å². The Balaban J connectivity index is 2.40. The van der Waals surface area contributed by atoms with Gasteiger partial charge in [0.2, 0.25) is 0 Å². The molecule has 0 aromatic heterocycles. The van der Waals surface area contributed by atoms with Gasteiger partial charge in [0.25, 0.3) is 0 Å². The fraction of sp³-hybridized carbons (Fsp3) is 0.545. The predicted molar refractivity (Wildman–Crippen MR) is 102 cm³/mol. The van der Waals surface area contributed by atoms with E-state index in [0.29, 0.717) is 5.57 Å². The van der Waals surface area contributed by atoms with Gasteiger partial charge in [0.05, 0.1) is 5.92 Å². The molecule has 0 aromatic carbocycles. The summed E-state index contributed by atoms with van der Waals surface area (Å²) in [6.45, 7) is 11.5. The number of esters is 2. The van der Waals surface area contributed by atoms with Gasteiger partial charge >= 0.3 is 11.9 Å². The van der Waals surface area contributed by atoms with Crippen LogP contribution in [0.4, 0.5) is 0 Å². The molecule has 4 nitrogen and oxygen atoms in total. The Kier molecular flexibility index (Phi) is 7.01. The minimum atomic E-state index is -0.542. The van der Waals surface area contributed by atoms with Crippen molar-refractivity contribution in [1.82, 2.24) is 0 Å². The van der Waals surface area contributed by atoms with Crippen LogP contribution >= 0.6 is 0 Å². The van der Waals surface area contributed by atoms with Crippen LogP contribution in [0.25, 0.3) is 0 Å². The van der Waals surface area contributed by atoms with E-state index in [9.17, 15) is 9.59 Å². The van der Waals surface area contributed by atoms with Crippen LogP contribution in [0.1, 0.15) is 59.8 Å². The minimum absolute atomic E-state index is 0.370. The van der Waals surface area contributed by atoms with Crippen LogP contribution in [0.2, 0.25) is 0 Å². The Morgan fingerprint density at radius 1 is 1.12 bits per heavy atom. The van der Waals surface area contributed by atoms with Crippen molar-refractivity contribution in [1.29, 1.82) is 0 Å². The van der Waals surface area contributed by atoms with E-state index >= 15 is 0 Å². The van der Waals surface area contributed by atoms with Gasteiger partial charge in [0.15, 0.2) is 0 Å². The molecule has 0 radical (unpaired) electrons. The van der Waals surface area contributed by atoms with Gasteiger partial charge in [-0.3, -0.25) is 4.79 Å². The summed E-state index contributed by atoms with van der Waals surface area (Å²) in [6.07, 6.45) is 10.2. The summed E-state index contributed by atoms with van der Waals surface area (Å²) in [5, 5.41) is 0. The number of carbonyl (C=O) groups excluding carboxylic acids is 2. The Bertz CT molecular complexity index is 666. The molecular formula is C22H30O4. The highest BCUT2D eigenvalue weighted by Gasteiger charge is 2.43. The summed E-state index contributed by atoms with van der Waals surface area (Å²) < 4.78 is 11.1. The van der Waals surface area contributed by atoms with Gasteiger partial charge in [-0.25, -0.2) is 4.79 Å². The molecule has 26 heavy (non-hydrogen) atoms. The standard InChI is InChI=1S/C22H30O4/c1-14-8-6-10-15(2)12-19(25-18(5)23)21-17(4)22(24)26-20(21)13-16(3)11-7-9-14/h9,12-13,19-21H,4,6-8,10-11H2,1-3,5H3/b14-9+,15-12+,16-13+/t19?,20-,21+/m0/s1. The average Bonchev–Trinajstić information content (AvgIpc) is 2.79. The molecule has 2 rings (SSSR count).